The van der Waals surface area contributed by atoms with Crippen molar-refractivity contribution in [3.8, 4) is 11.5 Å². The van der Waals surface area contributed by atoms with E-state index >= 15 is 0 Å². The van der Waals surface area contributed by atoms with Gasteiger partial charge in [-0.15, -0.1) is 0 Å². The molecule has 150 valence electrons. The Morgan fingerprint density at radius 1 is 1.19 bits per heavy atom. The van der Waals surface area contributed by atoms with Crippen molar-refractivity contribution in [3.63, 3.8) is 0 Å². The van der Waals surface area contributed by atoms with E-state index in [1.165, 1.54) is 0 Å². The second-order valence-electron chi connectivity index (χ2n) is 6.42. The van der Waals surface area contributed by atoms with E-state index < -0.39 is 21.7 Å². The van der Waals surface area contributed by atoms with Crippen molar-refractivity contribution >= 4 is 21.7 Å². The molecule has 1 fully saturated rings. The number of ether oxygens (including phenoxy) is 3. The maximum atomic E-state index is 11.8. The number of methoxy groups -OCH3 is 2. The van der Waals surface area contributed by atoms with E-state index in [0.717, 1.165) is 5.56 Å². The third-order valence-electron chi connectivity index (χ3n) is 4.33. The molecule has 1 N–H and O–H groups in total. The number of esters is 1. The predicted octanol–water partition coefficient (Wildman–Crippen LogP) is 0.731. The summed E-state index contributed by atoms with van der Waals surface area (Å²) in [6, 6.07) is 5.50. The number of carbonyl (C=O) groups is 2. The molecule has 0 spiro atoms. The van der Waals surface area contributed by atoms with E-state index in [0.29, 0.717) is 30.9 Å². The van der Waals surface area contributed by atoms with Gasteiger partial charge < -0.3 is 19.5 Å². The Labute approximate surface area is 159 Å². The lowest BCUT2D eigenvalue weighted by Crippen LogP contribution is -2.30. The van der Waals surface area contributed by atoms with Gasteiger partial charge in [0.2, 0.25) is 0 Å². The summed E-state index contributed by atoms with van der Waals surface area (Å²) in [4.78, 5) is 23.5. The fourth-order valence-electron chi connectivity index (χ4n) is 2.91. The molecule has 0 bridgehead atoms. The van der Waals surface area contributed by atoms with Crippen LogP contribution in [0.5, 0.6) is 11.5 Å². The van der Waals surface area contributed by atoms with Crippen LogP contribution in [0.2, 0.25) is 0 Å². The molecule has 1 aliphatic heterocycles. The van der Waals surface area contributed by atoms with E-state index in [9.17, 15) is 18.0 Å². The molecule has 0 aliphatic carbocycles. The van der Waals surface area contributed by atoms with E-state index in [1.54, 1.807) is 20.3 Å². The average molecular weight is 399 g/mol. The summed E-state index contributed by atoms with van der Waals surface area (Å²) < 4.78 is 38.1. The Morgan fingerprint density at radius 3 is 2.56 bits per heavy atom. The fraction of sp³-hybridized carbons (Fsp3) is 0.556. The normalized spacial score (nSPS) is 17.9. The molecular formula is C18H25NO7S. The van der Waals surface area contributed by atoms with Crippen LogP contribution in [-0.2, 0) is 30.6 Å². The van der Waals surface area contributed by atoms with Gasteiger partial charge in [0.1, 0.15) is 0 Å². The first-order valence-corrected chi connectivity index (χ1v) is 10.5. The second-order valence-corrected chi connectivity index (χ2v) is 8.65. The van der Waals surface area contributed by atoms with Gasteiger partial charge in [-0.05, 0) is 36.5 Å². The molecule has 2 rings (SSSR count). The quantitative estimate of drug-likeness (QED) is 0.610. The van der Waals surface area contributed by atoms with Crippen molar-refractivity contribution in [2.75, 3.05) is 38.9 Å². The molecule has 1 saturated heterocycles. The van der Waals surface area contributed by atoms with Gasteiger partial charge in [0.15, 0.2) is 27.9 Å². The predicted molar refractivity (Wildman–Crippen MR) is 98.6 cm³/mol. The van der Waals surface area contributed by atoms with Crippen molar-refractivity contribution in [1.29, 1.82) is 0 Å². The van der Waals surface area contributed by atoms with Crippen LogP contribution in [-0.4, -0.2) is 59.2 Å². The standard InChI is InChI=1S/C18H25NO7S/c1-24-15-4-3-13(9-16(15)25-2)5-7-19-17(20)11-26-18(21)10-14-6-8-27(22,23)12-14/h3-4,9,14H,5-8,10-12H2,1-2H3,(H,19,20)/t14-/m0/s1. The number of nitrogens with one attached hydrogen (secondary N) is 1. The molecule has 0 aromatic heterocycles. The van der Waals surface area contributed by atoms with Gasteiger partial charge in [0.05, 0.1) is 25.7 Å². The molecule has 0 saturated carbocycles. The first-order chi connectivity index (χ1) is 12.8. The van der Waals surface area contributed by atoms with Crippen molar-refractivity contribution < 1.29 is 32.2 Å². The summed E-state index contributed by atoms with van der Waals surface area (Å²) in [5, 5.41) is 2.68. The molecule has 9 heteroatoms. The fourth-order valence-corrected chi connectivity index (χ4v) is 4.77. The van der Waals surface area contributed by atoms with E-state index in [1.807, 2.05) is 12.1 Å². The van der Waals surface area contributed by atoms with Crippen LogP contribution < -0.4 is 14.8 Å². The second kappa shape index (κ2) is 9.59. The summed E-state index contributed by atoms with van der Waals surface area (Å²) in [6.07, 6.45) is 1.08. The number of rotatable bonds is 9. The average Bonchev–Trinajstić information content (AvgIpc) is 2.98. The van der Waals surface area contributed by atoms with Crippen LogP contribution in [0, 0.1) is 5.92 Å². The van der Waals surface area contributed by atoms with Crippen molar-refractivity contribution in [2.45, 2.75) is 19.3 Å². The molecule has 1 aromatic carbocycles. The highest BCUT2D eigenvalue weighted by Gasteiger charge is 2.29. The molecule has 0 unspecified atom stereocenters. The van der Waals surface area contributed by atoms with Crippen molar-refractivity contribution in [1.82, 2.24) is 5.32 Å². The minimum Gasteiger partial charge on any atom is -0.493 e. The van der Waals surface area contributed by atoms with Gasteiger partial charge in [-0.25, -0.2) is 8.42 Å². The van der Waals surface area contributed by atoms with Gasteiger partial charge in [-0.2, -0.15) is 0 Å². The molecule has 8 nitrogen and oxygen atoms in total. The highest BCUT2D eigenvalue weighted by atomic mass is 32.2. The van der Waals surface area contributed by atoms with Crippen LogP contribution in [0.4, 0.5) is 0 Å². The summed E-state index contributed by atoms with van der Waals surface area (Å²) >= 11 is 0. The zero-order valence-corrected chi connectivity index (χ0v) is 16.3. The summed E-state index contributed by atoms with van der Waals surface area (Å²) in [5.74, 6) is 0.211. The van der Waals surface area contributed by atoms with Crippen LogP contribution in [0.3, 0.4) is 0 Å². The summed E-state index contributed by atoms with van der Waals surface area (Å²) in [6.45, 7) is 0.0109. The van der Waals surface area contributed by atoms with Crippen LogP contribution in [0.25, 0.3) is 0 Å². The lowest BCUT2D eigenvalue weighted by Gasteiger charge is -2.11. The van der Waals surface area contributed by atoms with Crippen molar-refractivity contribution in [3.05, 3.63) is 23.8 Å². The number of hydrogen-bond acceptors (Lipinski definition) is 7. The Bertz CT molecular complexity index is 776. The number of sulfone groups is 1. The van der Waals surface area contributed by atoms with E-state index in [-0.39, 0.29) is 30.5 Å². The molecule has 0 radical (unpaired) electrons. The molecule has 1 atom stereocenters. The SMILES string of the molecule is COc1ccc(CCNC(=O)COC(=O)C[C@@H]2CCS(=O)(=O)C2)cc1OC. The monoisotopic (exact) mass is 399 g/mol. The Hall–Kier alpha value is -2.29. The number of hydrogen-bond donors (Lipinski definition) is 1. The Kier molecular flexibility index (Phi) is 7.46. The zero-order chi connectivity index (χ0) is 19.9. The zero-order valence-electron chi connectivity index (χ0n) is 15.5. The number of amides is 1. The Morgan fingerprint density at radius 2 is 1.93 bits per heavy atom. The van der Waals surface area contributed by atoms with Crippen LogP contribution in [0.15, 0.2) is 18.2 Å². The first-order valence-electron chi connectivity index (χ1n) is 8.66. The maximum Gasteiger partial charge on any atom is 0.306 e. The van der Waals surface area contributed by atoms with Gasteiger partial charge in [-0.3, -0.25) is 9.59 Å². The van der Waals surface area contributed by atoms with Gasteiger partial charge in [0.25, 0.3) is 5.91 Å². The number of carbonyl (C=O) groups excluding carboxylic acids is 2. The lowest BCUT2D eigenvalue weighted by molar-refractivity contribution is -0.149. The molecule has 1 amide bonds. The largest absolute Gasteiger partial charge is 0.493 e. The highest BCUT2D eigenvalue weighted by Crippen LogP contribution is 2.27. The third-order valence-corrected chi connectivity index (χ3v) is 6.17. The molecule has 1 heterocycles. The highest BCUT2D eigenvalue weighted by molar-refractivity contribution is 7.91. The molecule has 27 heavy (non-hydrogen) atoms. The summed E-state index contributed by atoms with van der Waals surface area (Å²) in [7, 11) is 0.0903. The smallest absolute Gasteiger partial charge is 0.306 e. The minimum atomic E-state index is -3.02. The number of benzene rings is 1. The lowest BCUT2D eigenvalue weighted by atomic mass is 10.1. The maximum absolute atomic E-state index is 11.8. The summed E-state index contributed by atoms with van der Waals surface area (Å²) in [5.41, 5.74) is 0.965. The Balaban J connectivity index is 1.67. The minimum absolute atomic E-state index is 0.0135. The molecule has 1 aromatic rings. The van der Waals surface area contributed by atoms with Crippen molar-refractivity contribution in [2.24, 2.45) is 5.92 Å². The van der Waals surface area contributed by atoms with Gasteiger partial charge in [0, 0.05) is 13.0 Å². The molecule has 1 aliphatic rings. The topological polar surface area (TPSA) is 108 Å². The first kappa shape index (κ1) is 21.0. The van der Waals surface area contributed by atoms with Crippen LogP contribution >= 0.6 is 0 Å². The van der Waals surface area contributed by atoms with Gasteiger partial charge >= 0.3 is 5.97 Å². The van der Waals surface area contributed by atoms with E-state index in [4.69, 9.17) is 14.2 Å². The molecular weight excluding hydrogens is 374 g/mol. The van der Waals surface area contributed by atoms with E-state index in [2.05, 4.69) is 5.32 Å². The third kappa shape index (κ3) is 6.74. The van der Waals surface area contributed by atoms with Crippen LogP contribution in [0.1, 0.15) is 18.4 Å². The van der Waals surface area contributed by atoms with Gasteiger partial charge in [-0.1, -0.05) is 6.07 Å².